The monoisotopic (exact) mass is 266 g/mol. The molecule has 0 aliphatic carbocycles. The molecule has 3 rings (SSSR count). The van der Waals surface area contributed by atoms with E-state index in [0.717, 1.165) is 22.5 Å². The number of benzene rings is 1. The molecular weight excluding hydrogens is 259 g/mol. The molecule has 0 atom stereocenters. The van der Waals surface area contributed by atoms with Gasteiger partial charge in [0.05, 0.1) is 11.8 Å². The normalized spacial score (nSPS) is 13.9. The highest BCUT2D eigenvalue weighted by molar-refractivity contribution is 6.35. The predicted molar refractivity (Wildman–Crippen MR) is 66.9 cm³/mol. The second-order valence-corrected chi connectivity index (χ2v) is 4.54. The molecule has 0 saturated heterocycles. The number of H-pyrrole nitrogens is 1. The number of rotatable bonds is 1. The van der Waals surface area contributed by atoms with Gasteiger partial charge in [0.15, 0.2) is 0 Å². The van der Waals surface area contributed by atoms with Gasteiger partial charge in [-0.2, -0.15) is 0 Å². The summed E-state index contributed by atoms with van der Waals surface area (Å²) in [5.41, 5.74) is 2.76. The third kappa shape index (κ3) is 1.81. The fourth-order valence-corrected chi connectivity index (χ4v) is 2.41. The third-order valence-electron chi connectivity index (χ3n) is 2.63. The minimum absolute atomic E-state index is 0.454. The van der Waals surface area contributed by atoms with E-state index in [1.54, 1.807) is 24.7 Å². The van der Waals surface area contributed by atoms with Crippen LogP contribution in [0.4, 0.5) is 0 Å². The van der Waals surface area contributed by atoms with Crippen molar-refractivity contribution in [3.63, 3.8) is 0 Å². The Morgan fingerprint density at radius 2 is 2.18 bits per heavy atom. The molecule has 17 heavy (non-hydrogen) atoms. The Bertz CT molecular complexity index is 591. The van der Waals surface area contributed by atoms with Crippen LogP contribution in [-0.2, 0) is 11.3 Å². The van der Waals surface area contributed by atoms with Crippen molar-refractivity contribution in [2.75, 3.05) is 0 Å². The number of aromatic amines is 1. The molecule has 1 aliphatic heterocycles. The average Bonchev–Trinajstić information content (AvgIpc) is 2.81. The molecule has 2 aromatic rings. The highest BCUT2D eigenvalue weighted by atomic mass is 35.5. The smallest absolute Gasteiger partial charge is 0.140 e. The fraction of sp³-hybridized carbons (Fsp3) is 0.0833. The number of nitrogens with zero attached hydrogens (tertiary/aromatic N) is 1. The Morgan fingerprint density at radius 1 is 1.29 bits per heavy atom. The lowest BCUT2D eigenvalue weighted by atomic mass is 9.99. The molecule has 3 nitrogen and oxygen atoms in total. The molecule has 0 amide bonds. The first-order valence-corrected chi connectivity index (χ1v) is 5.81. The predicted octanol–water partition coefficient (Wildman–Crippen LogP) is 3.64. The van der Waals surface area contributed by atoms with Crippen LogP contribution in [0.2, 0.25) is 10.0 Å². The van der Waals surface area contributed by atoms with Crippen molar-refractivity contribution in [1.82, 2.24) is 9.97 Å². The molecule has 1 N–H and O–H groups in total. The molecule has 0 fully saturated rings. The molecule has 0 spiro atoms. The Kier molecular flexibility index (Phi) is 2.57. The molecule has 0 saturated carbocycles. The van der Waals surface area contributed by atoms with Crippen molar-refractivity contribution < 1.29 is 4.74 Å². The first kappa shape index (κ1) is 10.7. The molecule has 5 heteroatoms. The highest BCUT2D eigenvalue weighted by Gasteiger charge is 2.20. The van der Waals surface area contributed by atoms with Crippen LogP contribution >= 0.6 is 23.2 Å². The van der Waals surface area contributed by atoms with Gasteiger partial charge >= 0.3 is 0 Å². The topological polar surface area (TPSA) is 37.9 Å². The minimum atomic E-state index is 0.454. The van der Waals surface area contributed by atoms with Crippen LogP contribution in [0.3, 0.4) is 0 Å². The molecule has 1 aromatic heterocycles. The van der Waals surface area contributed by atoms with Gasteiger partial charge in [-0.05, 0) is 17.7 Å². The zero-order valence-electron chi connectivity index (χ0n) is 8.71. The summed E-state index contributed by atoms with van der Waals surface area (Å²) in [7, 11) is 0. The van der Waals surface area contributed by atoms with E-state index in [4.69, 9.17) is 27.9 Å². The number of ether oxygens (including phenoxy) is 1. The van der Waals surface area contributed by atoms with E-state index in [1.165, 1.54) is 0 Å². The number of imidazole rings is 1. The van der Waals surface area contributed by atoms with E-state index < -0.39 is 0 Å². The van der Waals surface area contributed by atoms with Crippen LogP contribution in [0.1, 0.15) is 17.0 Å². The van der Waals surface area contributed by atoms with E-state index in [9.17, 15) is 0 Å². The maximum absolute atomic E-state index is 6.15. The number of hydrogen-bond acceptors (Lipinski definition) is 2. The molecule has 86 valence electrons. The maximum Gasteiger partial charge on any atom is 0.140 e. The summed E-state index contributed by atoms with van der Waals surface area (Å²) >= 11 is 12.2. The summed E-state index contributed by atoms with van der Waals surface area (Å²) in [6, 6.07) is 3.59. The number of halogens is 2. The van der Waals surface area contributed by atoms with Gasteiger partial charge < -0.3 is 9.72 Å². The summed E-state index contributed by atoms with van der Waals surface area (Å²) in [4.78, 5) is 7.25. The van der Waals surface area contributed by atoms with E-state index in [-0.39, 0.29) is 0 Å². The van der Waals surface area contributed by atoms with Gasteiger partial charge in [-0.25, -0.2) is 4.98 Å². The van der Waals surface area contributed by atoms with E-state index >= 15 is 0 Å². The first-order valence-electron chi connectivity index (χ1n) is 5.05. The van der Waals surface area contributed by atoms with Crippen molar-refractivity contribution in [2.45, 2.75) is 6.61 Å². The summed E-state index contributed by atoms with van der Waals surface area (Å²) in [5.74, 6) is 0.740. The van der Waals surface area contributed by atoms with E-state index in [1.807, 2.05) is 6.07 Å². The lowest BCUT2D eigenvalue weighted by Gasteiger charge is -2.18. The number of nitrogens with one attached hydrogen (secondary N) is 1. The number of aromatic nitrogens is 2. The third-order valence-corrected chi connectivity index (χ3v) is 3.19. The standard InChI is InChI=1S/C12H8Cl2N2O/c13-7-3-8-9(11(14)4-7)5-17-6-10(8)12-15-1-2-16-12/h1-4,6H,5H2,(H,15,16). The molecule has 0 radical (unpaired) electrons. The van der Waals surface area contributed by atoms with Gasteiger partial charge in [0.25, 0.3) is 0 Å². The Balaban J connectivity index is 2.20. The second-order valence-electron chi connectivity index (χ2n) is 3.69. The van der Waals surface area contributed by atoms with E-state index in [0.29, 0.717) is 16.7 Å². The minimum Gasteiger partial charge on any atom is -0.496 e. The SMILES string of the molecule is Clc1cc(Cl)c2c(c1)C(c1ncc[nH]1)=COC2. The van der Waals surface area contributed by atoms with Gasteiger partial charge in [-0.1, -0.05) is 23.2 Å². The Morgan fingerprint density at radius 3 is 2.94 bits per heavy atom. The summed E-state index contributed by atoms with van der Waals surface area (Å²) in [6.45, 7) is 0.454. The van der Waals surface area contributed by atoms with Crippen molar-refractivity contribution in [1.29, 1.82) is 0 Å². The molecule has 0 unspecified atom stereocenters. The Labute approximate surface area is 108 Å². The van der Waals surface area contributed by atoms with Crippen molar-refractivity contribution >= 4 is 28.8 Å². The van der Waals surface area contributed by atoms with Crippen molar-refractivity contribution in [3.05, 3.63) is 57.8 Å². The fourth-order valence-electron chi connectivity index (χ4n) is 1.86. The second kappa shape index (κ2) is 4.09. The van der Waals surface area contributed by atoms with Crippen LogP contribution in [0.15, 0.2) is 30.8 Å². The van der Waals surface area contributed by atoms with Crippen LogP contribution in [0.25, 0.3) is 5.57 Å². The van der Waals surface area contributed by atoms with Crippen LogP contribution < -0.4 is 0 Å². The van der Waals surface area contributed by atoms with Gasteiger partial charge in [0.2, 0.25) is 0 Å². The quantitative estimate of drug-likeness (QED) is 0.856. The zero-order chi connectivity index (χ0) is 11.8. The molecular formula is C12H8Cl2N2O. The zero-order valence-corrected chi connectivity index (χ0v) is 10.2. The van der Waals surface area contributed by atoms with Crippen LogP contribution in [0, 0.1) is 0 Å². The lowest BCUT2D eigenvalue weighted by Crippen LogP contribution is -2.04. The molecule has 1 aromatic carbocycles. The van der Waals surface area contributed by atoms with Crippen LogP contribution in [0.5, 0.6) is 0 Å². The van der Waals surface area contributed by atoms with Gasteiger partial charge in [0, 0.05) is 28.0 Å². The molecule has 1 aliphatic rings. The number of fused-ring (bicyclic) bond motifs is 1. The summed E-state index contributed by atoms with van der Waals surface area (Å²) in [5, 5.41) is 1.22. The molecule has 2 heterocycles. The summed E-state index contributed by atoms with van der Waals surface area (Å²) in [6.07, 6.45) is 5.13. The first-order chi connectivity index (χ1) is 8.25. The summed E-state index contributed by atoms with van der Waals surface area (Å²) < 4.78 is 5.40. The maximum atomic E-state index is 6.15. The molecule has 0 bridgehead atoms. The largest absolute Gasteiger partial charge is 0.496 e. The van der Waals surface area contributed by atoms with Gasteiger partial charge in [-0.3, -0.25) is 0 Å². The van der Waals surface area contributed by atoms with Crippen molar-refractivity contribution in [2.24, 2.45) is 0 Å². The average molecular weight is 267 g/mol. The van der Waals surface area contributed by atoms with E-state index in [2.05, 4.69) is 9.97 Å². The lowest BCUT2D eigenvalue weighted by molar-refractivity contribution is 0.233. The highest BCUT2D eigenvalue weighted by Crippen LogP contribution is 2.35. The van der Waals surface area contributed by atoms with Gasteiger partial charge in [-0.15, -0.1) is 0 Å². The van der Waals surface area contributed by atoms with Crippen molar-refractivity contribution in [3.8, 4) is 0 Å². The van der Waals surface area contributed by atoms with Gasteiger partial charge in [0.1, 0.15) is 12.4 Å². The number of hydrogen-bond donors (Lipinski definition) is 1. The Hall–Kier alpha value is -1.45. The van der Waals surface area contributed by atoms with Crippen LogP contribution in [-0.4, -0.2) is 9.97 Å².